The Hall–Kier alpha value is -4.07. The van der Waals surface area contributed by atoms with Crippen LogP contribution in [0.2, 0.25) is 0 Å². The Morgan fingerprint density at radius 2 is 1.97 bits per heavy atom. The van der Waals surface area contributed by atoms with Gasteiger partial charge in [-0.05, 0) is 43.3 Å². The maximum absolute atomic E-state index is 12.5. The monoisotopic (exact) mass is 433 g/mol. The van der Waals surface area contributed by atoms with Gasteiger partial charge in [-0.15, -0.1) is 0 Å². The van der Waals surface area contributed by atoms with Gasteiger partial charge in [-0.3, -0.25) is 14.2 Å². The van der Waals surface area contributed by atoms with Crippen LogP contribution in [0, 0.1) is 0 Å². The first-order chi connectivity index (χ1) is 15.6. The molecular formula is C24H23N3O5. The van der Waals surface area contributed by atoms with Crippen LogP contribution in [-0.2, 0) is 6.54 Å². The van der Waals surface area contributed by atoms with Gasteiger partial charge < -0.3 is 19.2 Å². The molecule has 2 heterocycles. The number of hydrogen-bond donors (Lipinski definition) is 1. The van der Waals surface area contributed by atoms with E-state index in [2.05, 4.69) is 10.3 Å². The summed E-state index contributed by atoms with van der Waals surface area (Å²) in [6.45, 7) is 3.04. The van der Waals surface area contributed by atoms with E-state index >= 15 is 0 Å². The molecule has 4 rings (SSSR count). The Morgan fingerprint density at radius 1 is 1.16 bits per heavy atom. The van der Waals surface area contributed by atoms with Crippen molar-refractivity contribution in [3.05, 3.63) is 77.0 Å². The Kier molecular flexibility index (Phi) is 6.21. The van der Waals surface area contributed by atoms with Gasteiger partial charge in [0.15, 0.2) is 17.1 Å². The molecule has 1 amide bonds. The number of carbonyl (C=O) groups excluding carboxylic acids is 1. The quantitative estimate of drug-likeness (QED) is 0.457. The fourth-order valence-corrected chi connectivity index (χ4v) is 3.33. The maximum Gasteiger partial charge on any atom is 0.287 e. The highest BCUT2D eigenvalue weighted by Crippen LogP contribution is 2.28. The standard InChI is InChI=1S/C24H23N3O5/c1-3-31-18-9-7-16(8-10-18)19-14-22(28)27(15-26-19)12-11-25-24(29)21-13-17-5-4-6-20(30-2)23(17)32-21/h4-10,13-15H,3,11-12H2,1-2H3,(H,25,29). The van der Waals surface area contributed by atoms with E-state index in [1.165, 1.54) is 17.0 Å². The highest BCUT2D eigenvalue weighted by molar-refractivity contribution is 5.97. The molecule has 2 aromatic heterocycles. The number of fused-ring (bicyclic) bond motifs is 1. The van der Waals surface area contributed by atoms with Crippen LogP contribution >= 0.6 is 0 Å². The van der Waals surface area contributed by atoms with Crippen LogP contribution < -0.4 is 20.3 Å². The minimum atomic E-state index is -0.365. The molecule has 164 valence electrons. The summed E-state index contributed by atoms with van der Waals surface area (Å²) in [6.07, 6.45) is 1.48. The van der Waals surface area contributed by atoms with Crippen molar-refractivity contribution in [1.82, 2.24) is 14.9 Å². The number of carbonyl (C=O) groups is 1. The lowest BCUT2D eigenvalue weighted by Crippen LogP contribution is -2.30. The van der Waals surface area contributed by atoms with E-state index < -0.39 is 0 Å². The van der Waals surface area contributed by atoms with Crippen molar-refractivity contribution >= 4 is 16.9 Å². The third kappa shape index (κ3) is 4.49. The summed E-state index contributed by atoms with van der Waals surface area (Å²) < 4.78 is 17.8. The molecule has 0 fully saturated rings. The van der Waals surface area contributed by atoms with Gasteiger partial charge in [-0.2, -0.15) is 0 Å². The number of furan rings is 1. The average molecular weight is 433 g/mol. The molecule has 0 bridgehead atoms. The van der Waals surface area contributed by atoms with Crippen molar-refractivity contribution in [3.8, 4) is 22.8 Å². The lowest BCUT2D eigenvalue weighted by molar-refractivity contribution is 0.0926. The molecule has 4 aromatic rings. The number of aromatic nitrogens is 2. The summed E-state index contributed by atoms with van der Waals surface area (Å²) in [4.78, 5) is 29.3. The van der Waals surface area contributed by atoms with Crippen LogP contribution in [-0.4, -0.2) is 35.7 Å². The zero-order valence-electron chi connectivity index (χ0n) is 17.8. The van der Waals surface area contributed by atoms with Gasteiger partial charge in [0.05, 0.1) is 25.7 Å². The minimum Gasteiger partial charge on any atom is -0.494 e. The van der Waals surface area contributed by atoms with Crippen molar-refractivity contribution in [2.45, 2.75) is 13.5 Å². The fourth-order valence-electron chi connectivity index (χ4n) is 3.33. The number of methoxy groups -OCH3 is 1. The normalized spacial score (nSPS) is 10.8. The number of nitrogens with one attached hydrogen (secondary N) is 1. The number of rotatable bonds is 8. The highest BCUT2D eigenvalue weighted by Gasteiger charge is 2.14. The Bertz CT molecular complexity index is 1290. The van der Waals surface area contributed by atoms with Crippen LogP contribution in [0.15, 0.2) is 70.1 Å². The molecule has 0 aliphatic rings. The molecule has 0 aliphatic carbocycles. The first kappa shape index (κ1) is 21.2. The lowest BCUT2D eigenvalue weighted by atomic mass is 10.1. The molecule has 1 N–H and O–H groups in total. The van der Waals surface area contributed by atoms with Gasteiger partial charge in [0, 0.05) is 30.1 Å². The summed E-state index contributed by atoms with van der Waals surface area (Å²) in [5.74, 6) is 1.14. The van der Waals surface area contributed by atoms with Crippen molar-refractivity contribution < 1.29 is 18.7 Å². The van der Waals surface area contributed by atoms with Gasteiger partial charge >= 0.3 is 0 Å². The van der Waals surface area contributed by atoms with Gasteiger partial charge in [0.1, 0.15) is 5.75 Å². The Balaban J connectivity index is 1.39. The summed E-state index contributed by atoms with van der Waals surface area (Å²) in [7, 11) is 1.55. The zero-order chi connectivity index (χ0) is 22.5. The molecule has 0 atom stereocenters. The highest BCUT2D eigenvalue weighted by atomic mass is 16.5. The molecule has 0 unspecified atom stereocenters. The number of benzene rings is 2. The average Bonchev–Trinajstić information content (AvgIpc) is 3.25. The van der Waals surface area contributed by atoms with Crippen molar-refractivity contribution in [1.29, 1.82) is 0 Å². The molecule has 2 aromatic carbocycles. The SMILES string of the molecule is CCOc1ccc(-c2cc(=O)n(CCNC(=O)c3cc4cccc(OC)c4o3)cn2)cc1. The number of ether oxygens (including phenoxy) is 2. The largest absolute Gasteiger partial charge is 0.494 e. The Morgan fingerprint density at radius 3 is 2.69 bits per heavy atom. The molecule has 0 radical (unpaired) electrons. The number of nitrogens with zero attached hydrogens (tertiary/aromatic N) is 2. The van der Waals surface area contributed by atoms with Gasteiger partial charge in [0.2, 0.25) is 0 Å². The number of hydrogen-bond acceptors (Lipinski definition) is 6. The molecular weight excluding hydrogens is 410 g/mol. The van der Waals surface area contributed by atoms with E-state index in [9.17, 15) is 9.59 Å². The summed E-state index contributed by atoms with van der Waals surface area (Å²) in [6, 6.07) is 16.0. The first-order valence-corrected chi connectivity index (χ1v) is 10.2. The Labute approximate surface area is 184 Å². The number of amides is 1. The molecule has 8 heteroatoms. The van der Waals surface area contributed by atoms with Crippen LogP contribution in [0.4, 0.5) is 0 Å². The predicted octanol–water partition coefficient (Wildman–Crippen LogP) is 3.49. The van der Waals surface area contributed by atoms with Crippen LogP contribution in [0.25, 0.3) is 22.2 Å². The van der Waals surface area contributed by atoms with E-state index in [1.807, 2.05) is 43.3 Å². The second-order valence-electron chi connectivity index (χ2n) is 7.01. The van der Waals surface area contributed by atoms with Gasteiger partial charge in [0.25, 0.3) is 11.5 Å². The second-order valence-corrected chi connectivity index (χ2v) is 7.01. The molecule has 32 heavy (non-hydrogen) atoms. The van der Waals surface area contributed by atoms with Gasteiger partial charge in [-0.1, -0.05) is 12.1 Å². The van der Waals surface area contributed by atoms with Crippen molar-refractivity contribution in [3.63, 3.8) is 0 Å². The van der Waals surface area contributed by atoms with Crippen LogP contribution in [0.3, 0.4) is 0 Å². The lowest BCUT2D eigenvalue weighted by Gasteiger charge is -2.08. The summed E-state index contributed by atoms with van der Waals surface area (Å²) >= 11 is 0. The molecule has 0 aliphatic heterocycles. The van der Waals surface area contributed by atoms with E-state index in [0.717, 1.165) is 16.7 Å². The molecule has 8 nitrogen and oxygen atoms in total. The van der Waals surface area contributed by atoms with Crippen molar-refractivity contribution in [2.75, 3.05) is 20.3 Å². The van der Waals surface area contributed by atoms with E-state index in [0.29, 0.717) is 23.6 Å². The zero-order valence-corrected chi connectivity index (χ0v) is 17.8. The van der Waals surface area contributed by atoms with E-state index in [-0.39, 0.29) is 30.3 Å². The smallest absolute Gasteiger partial charge is 0.287 e. The summed E-state index contributed by atoms with van der Waals surface area (Å²) in [5, 5.41) is 3.54. The minimum absolute atomic E-state index is 0.181. The molecule has 0 spiro atoms. The second kappa shape index (κ2) is 9.38. The predicted molar refractivity (Wildman–Crippen MR) is 120 cm³/mol. The van der Waals surface area contributed by atoms with Gasteiger partial charge in [-0.25, -0.2) is 4.98 Å². The summed E-state index contributed by atoms with van der Waals surface area (Å²) in [5.41, 5.74) is 1.72. The molecule has 0 saturated heterocycles. The molecule has 0 saturated carbocycles. The third-order valence-electron chi connectivity index (χ3n) is 4.93. The van der Waals surface area contributed by atoms with Crippen LogP contribution in [0.5, 0.6) is 11.5 Å². The maximum atomic E-state index is 12.5. The van der Waals surface area contributed by atoms with Crippen molar-refractivity contribution in [2.24, 2.45) is 0 Å². The van der Waals surface area contributed by atoms with E-state index in [4.69, 9.17) is 13.9 Å². The third-order valence-corrected chi connectivity index (χ3v) is 4.93. The number of para-hydroxylation sites is 1. The van der Waals surface area contributed by atoms with E-state index in [1.54, 1.807) is 19.2 Å². The topological polar surface area (TPSA) is 95.6 Å². The first-order valence-electron chi connectivity index (χ1n) is 10.2. The fraction of sp³-hybridized carbons (Fsp3) is 0.208. The van der Waals surface area contributed by atoms with Crippen LogP contribution in [0.1, 0.15) is 17.5 Å².